The average molecular weight is 1680 g/mol. The van der Waals surface area contributed by atoms with Crippen molar-refractivity contribution in [2.75, 3.05) is 39.6 Å². The lowest BCUT2D eigenvalue weighted by molar-refractivity contribution is -0.161. The number of aliphatic hydroxyl groups excluding tert-OH is 2. The van der Waals surface area contributed by atoms with Gasteiger partial charge in [0.1, 0.15) is 25.4 Å². The van der Waals surface area contributed by atoms with Gasteiger partial charge >= 0.3 is 33.6 Å². The van der Waals surface area contributed by atoms with Crippen LogP contribution in [0.3, 0.4) is 0 Å². The van der Waals surface area contributed by atoms with Gasteiger partial charge in [-0.1, -0.05) is 411 Å². The van der Waals surface area contributed by atoms with Crippen LogP contribution in [0.4, 0.5) is 0 Å². The minimum Gasteiger partial charge on any atom is -0.463 e. The molecule has 0 heterocycles. The van der Waals surface area contributed by atoms with Crippen LogP contribution in [0.2, 0.25) is 0 Å². The van der Waals surface area contributed by atoms with Gasteiger partial charge in [-0.05, 0) is 122 Å². The fourth-order valence-corrected chi connectivity index (χ4v) is 14.6. The molecule has 18 heteroatoms. The molecule has 0 aromatic carbocycles. The largest absolute Gasteiger partial charge is 0.472 e. The smallest absolute Gasteiger partial charge is 0.463 e. The zero-order valence-corrected chi connectivity index (χ0v) is 76.1. The van der Waals surface area contributed by atoms with Gasteiger partial charge in [0, 0.05) is 19.3 Å². The summed E-state index contributed by atoms with van der Waals surface area (Å²) in [6, 6.07) is 0. The SMILES string of the molecule is CC/C=C\C/C=C\C/C=C\C/C=C\C/C=C\C/C=C\CCCCCCCCCCCCCCCCCCC(=O)OCC(O)COP(=O)(O)OCC(O)COP(=O)(O)OCC(COC(=O)CCCCCCCCCCCCCCCCCC/C=C\C/C=C\C/C=C\C/C=C\C/C=C\C/C=C\CC)OC(=O)CCCCCCCCCCCCC. The van der Waals surface area contributed by atoms with Gasteiger partial charge in [-0.25, -0.2) is 9.13 Å². The molecule has 0 aliphatic carbocycles. The first-order chi connectivity index (χ1) is 57.2. The second-order valence-corrected chi connectivity index (χ2v) is 34.3. The van der Waals surface area contributed by atoms with E-state index in [1.165, 1.54) is 205 Å². The molecule has 0 saturated carbocycles. The zero-order chi connectivity index (χ0) is 85.1. The van der Waals surface area contributed by atoms with E-state index in [0.717, 1.165) is 141 Å². The van der Waals surface area contributed by atoms with Crippen molar-refractivity contribution in [3.63, 3.8) is 0 Å². The number of aliphatic hydroxyl groups is 2. The number of unbranched alkanes of at least 4 members (excludes halogenated alkanes) is 42. The van der Waals surface area contributed by atoms with Gasteiger partial charge in [-0.2, -0.15) is 0 Å². The summed E-state index contributed by atoms with van der Waals surface area (Å²) in [6.45, 7) is 2.50. The molecule has 16 nitrogen and oxygen atoms in total. The monoisotopic (exact) mass is 1680 g/mol. The van der Waals surface area contributed by atoms with Crippen LogP contribution in [0.15, 0.2) is 146 Å². The van der Waals surface area contributed by atoms with Gasteiger partial charge in [0.05, 0.1) is 26.4 Å². The highest BCUT2D eigenvalue weighted by Gasteiger charge is 2.30. The molecule has 4 N–H and O–H groups in total. The Morgan fingerprint density at radius 1 is 0.248 bits per heavy atom. The minimum absolute atomic E-state index is 0.108. The van der Waals surface area contributed by atoms with E-state index in [0.29, 0.717) is 19.3 Å². The molecule has 0 bridgehead atoms. The lowest BCUT2D eigenvalue weighted by Gasteiger charge is -2.21. The van der Waals surface area contributed by atoms with Crippen molar-refractivity contribution in [2.24, 2.45) is 0 Å². The fourth-order valence-electron chi connectivity index (χ4n) is 13.0. The van der Waals surface area contributed by atoms with E-state index in [4.69, 9.17) is 32.3 Å². The Hall–Kier alpha value is -4.57. The van der Waals surface area contributed by atoms with Crippen LogP contribution in [0.25, 0.3) is 0 Å². The van der Waals surface area contributed by atoms with E-state index in [9.17, 15) is 43.5 Å². The molecule has 0 rings (SSSR count). The molecule has 0 aromatic rings. The van der Waals surface area contributed by atoms with Crippen molar-refractivity contribution in [3.8, 4) is 0 Å². The third-order valence-electron chi connectivity index (χ3n) is 20.1. The number of rotatable bonds is 89. The summed E-state index contributed by atoms with van der Waals surface area (Å²) in [5.41, 5.74) is 0. The number of allylic oxidation sites excluding steroid dienone is 24. The summed E-state index contributed by atoms with van der Waals surface area (Å²) in [5, 5.41) is 20.7. The van der Waals surface area contributed by atoms with Gasteiger partial charge in [0.2, 0.25) is 0 Å². The number of phosphoric acid groups is 2. The molecule has 0 radical (unpaired) electrons. The maximum Gasteiger partial charge on any atom is 0.472 e. The Labute approximate surface area is 715 Å². The molecule has 5 unspecified atom stereocenters. The number of esters is 3. The molecular formula is C99H172O16P2. The summed E-state index contributed by atoms with van der Waals surface area (Å²) in [4.78, 5) is 58.8. The Balaban J connectivity index is 4.31. The summed E-state index contributed by atoms with van der Waals surface area (Å²) < 4.78 is 61.3. The number of carbonyl (C=O) groups is 3. The quantitative estimate of drug-likeness (QED) is 0.0146. The number of hydrogen-bond donors (Lipinski definition) is 4. The van der Waals surface area contributed by atoms with Crippen LogP contribution in [-0.2, 0) is 55.8 Å². The highest BCUT2D eigenvalue weighted by molar-refractivity contribution is 7.47. The van der Waals surface area contributed by atoms with Crippen molar-refractivity contribution in [2.45, 2.75) is 424 Å². The van der Waals surface area contributed by atoms with Crippen molar-refractivity contribution in [3.05, 3.63) is 146 Å². The van der Waals surface area contributed by atoms with E-state index < -0.39 is 91.5 Å². The lowest BCUT2D eigenvalue weighted by atomic mass is 10.0. The van der Waals surface area contributed by atoms with Gasteiger partial charge in [-0.3, -0.25) is 32.5 Å². The van der Waals surface area contributed by atoms with Crippen molar-refractivity contribution < 1.29 is 75.8 Å². The average Bonchev–Trinajstić information content (AvgIpc) is 0.920. The Kier molecular flexibility index (Phi) is 87.1. The molecule has 117 heavy (non-hydrogen) atoms. The van der Waals surface area contributed by atoms with Crippen LogP contribution < -0.4 is 0 Å². The Bertz CT molecular complexity index is 2710. The van der Waals surface area contributed by atoms with E-state index >= 15 is 0 Å². The predicted octanol–water partition coefficient (Wildman–Crippen LogP) is 29.1. The lowest BCUT2D eigenvalue weighted by Crippen LogP contribution is -2.30. The minimum atomic E-state index is -4.93. The first kappa shape index (κ1) is 112. The van der Waals surface area contributed by atoms with Crippen LogP contribution in [0.5, 0.6) is 0 Å². The number of carbonyl (C=O) groups excluding carboxylic acids is 3. The second kappa shape index (κ2) is 90.7. The normalized spacial score (nSPS) is 14.4. The topological polar surface area (TPSA) is 231 Å². The number of phosphoric ester groups is 2. The molecular weight excluding hydrogens is 1510 g/mol. The number of hydrogen-bond acceptors (Lipinski definition) is 14. The summed E-state index contributed by atoms with van der Waals surface area (Å²) >= 11 is 0. The zero-order valence-electron chi connectivity index (χ0n) is 74.3. The molecule has 0 aliphatic heterocycles. The van der Waals surface area contributed by atoms with Crippen LogP contribution in [0.1, 0.15) is 406 Å². The molecule has 0 aromatic heterocycles. The third kappa shape index (κ3) is 92.0. The standard InChI is InChI=1S/C99H172O16P2/c1-4-7-10-13-16-19-22-24-26-28-30-32-34-36-38-40-42-44-46-48-50-52-54-56-58-60-62-64-66-68-71-73-76-79-82-85-97(102)109-88-94(100)89-111-116(105,106)112-90-95(101)91-113-117(107,108)114-93-96(115-99(104)87-84-81-78-75-70-21-18-15-12-9-6-3)92-110-98(103)86-83-80-77-74-72-69-67-65-63-61-59-57-55-53-51-49-47-45-43-41-39-37-35-33-31-29-27-25-23-20-17-14-11-8-5-2/h7-8,10-11,16-17,19-20,24-27,30-33,36-39,42-45,94-96,100-101H,4-6,9,12-15,18,21-23,28-29,34-35,40-41,46-93H2,1-3H3,(H,105,106)(H,107,108)/b10-7-,11-8-,19-16-,20-17-,26-24-,27-25-,32-30-,33-31-,38-36-,39-37-,44-42-,45-43-. The fraction of sp³-hybridized carbons (Fsp3) is 0.727. The van der Waals surface area contributed by atoms with Crippen LogP contribution in [-0.4, -0.2) is 95.9 Å². The van der Waals surface area contributed by atoms with Crippen molar-refractivity contribution in [1.29, 1.82) is 0 Å². The first-order valence-electron chi connectivity index (χ1n) is 47.1. The van der Waals surface area contributed by atoms with Crippen LogP contribution >= 0.6 is 15.6 Å². The molecule has 0 fully saturated rings. The number of ether oxygens (including phenoxy) is 3. The van der Waals surface area contributed by atoms with Gasteiger partial charge in [0.15, 0.2) is 6.10 Å². The summed E-state index contributed by atoms with van der Waals surface area (Å²) in [6.07, 6.45) is 115. The van der Waals surface area contributed by atoms with E-state index in [1.54, 1.807) is 0 Å². The van der Waals surface area contributed by atoms with E-state index in [1.807, 2.05) is 0 Å². The summed E-state index contributed by atoms with van der Waals surface area (Å²) in [5.74, 6) is -1.56. The highest BCUT2D eigenvalue weighted by atomic mass is 31.2. The summed E-state index contributed by atoms with van der Waals surface area (Å²) in [7, 11) is -9.79. The van der Waals surface area contributed by atoms with Gasteiger partial charge < -0.3 is 34.2 Å². The van der Waals surface area contributed by atoms with Crippen molar-refractivity contribution >= 4 is 33.6 Å². The van der Waals surface area contributed by atoms with Gasteiger partial charge in [-0.15, -0.1) is 0 Å². The first-order valence-corrected chi connectivity index (χ1v) is 50.1. The molecule has 0 spiro atoms. The third-order valence-corrected chi connectivity index (χ3v) is 22.0. The molecule has 0 saturated heterocycles. The van der Waals surface area contributed by atoms with Gasteiger partial charge in [0.25, 0.3) is 0 Å². The van der Waals surface area contributed by atoms with E-state index in [-0.39, 0.29) is 19.3 Å². The molecule has 0 aliphatic rings. The van der Waals surface area contributed by atoms with Crippen molar-refractivity contribution in [1.82, 2.24) is 0 Å². The Morgan fingerprint density at radius 3 is 0.718 bits per heavy atom. The second-order valence-electron chi connectivity index (χ2n) is 31.4. The maximum atomic E-state index is 13.0. The highest BCUT2D eigenvalue weighted by Crippen LogP contribution is 2.45. The molecule has 0 amide bonds. The molecule has 5 atom stereocenters. The van der Waals surface area contributed by atoms with Crippen LogP contribution in [0, 0.1) is 0 Å². The predicted molar refractivity (Wildman–Crippen MR) is 491 cm³/mol. The maximum absolute atomic E-state index is 13.0. The molecule has 674 valence electrons. The Morgan fingerprint density at radius 2 is 0.453 bits per heavy atom. The van der Waals surface area contributed by atoms with E-state index in [2.05, 4.69) is 167 Å².